The van der Waals surface area contributed by atoms with E-state index in [1.807, 2.05) is 11.8 Å². The second-order valence-electron chi connectivity index (χ2n) is 4.59. The quantitative estimate of drug-likeness (QED) is 0.768. The molecule has 2 unspecified atom stereocenters. The highest BCUT2D eigenvalue weighted by molar-refractivity contribution is 8.00. The van der Waals surface area contributed by atoms with Crippen LogP contribution in [0.5, 0.6) is 0 Å². The summed E-state index contributed by atoms with van der Waals surface area (Å²) in [7, 11) is 2.13. The molecule has 1 aromatic carbocycles. The minimum atomic E-state index is 0.359. The van der Waals surface area contributed by atoms with Gasteiger partial charge in [-0.25, -0.2) is 0 Å². The van der Waals surface area contributed by atoms with Gasteiger partial charge in [0.05, 0.1) is 29.5 Å². The average Bonchev–Trinajstić information content (AvgIpc) is 2.40. The van der Waals surface area contributed by atoms with Crippen LogP contribution in [0.25, 0.3) is 0 Å². The molecular formula is C15H14N2S. The average molecular weight is 254 g/mol. The van der Waals surface area contributed by atoms with Crippen LogP contribution in [0, 0.1) is 11.3 Å². The maximum atomic E-state index is 8.79. The number of rotatable bonds is 1. The Morgan fingerprint density at radius 1 is 1.39 bits per heavy atom. The number of anilines is 1. The summed E-state index contributed by atoms with van der Waals surface area (Å²) in [5.41, 5.74) is 2.41. The maximum Gasteiger partial charge on any atom is 0.0669 e. The number of nitriles is 1. The number of para-hydroxylation sites is 1. The Kier molecular flexibility index (Phi) is 2.89. The number of likely N-dealkylation sites (N-methyl/N-ethyl adjacent to an activating group) is 1. The van der Waals surface area contributed by atoms with E-state index in [0.717, 1.165) is 5.57 Å². The number of allylic oxidation sites excluding steroid dienone is 2. The maximum absolute atomic E-state index is 8.79. The minimum absolute atomic E-state index is 0.359. The van der Waals surface area contributed by atoms with Gasteiger partial charge in [0, 0.05) is 11.9 Å². The van der Waals surface area contributed by atoms with E-state index < -0.39 is 0 Å². The van der Waals surface area contributed by atoms with Gasteiger partial charge >= 0.3 is 0 Å². The van der Waals surface area contributed by atoms with Crippen LogP contribution in [-0.4, -0.2) is 18.3 Å². The van der Waals surface area contributed by atoms with Crippen LogP contribution in [0.4, 0.5) is 5.69 Å². The normalized spacial score (nSPS) is 24.9. The van der Waals surface area contributed by atoms with Crippen molar-refractivity contribution in [1.29, 1.82) is 5.26 Å². The monoisotopic (exact) mass is 254 g/mol. The van der Waals surface area contributed by atoms with Crippen LogP contribution >= 0.6 is 11.8 Å². The predicted molar refractivity (Wildman–Crippen MR) is 75.7 cm³/mol. The van der Waals surface area contributed by atoms with Crippen molar-refractivity contribution in [1.82, 2.24) is 0 Å². The molecule has 0 N–H and O–H groups in total. The van der Waals surface area contributed by atoms with Crippen molar-refractivity contribution in [2.75, 3.05) is 11.9 Å². The molecular weight excluding hydrogens is 240 g/mol. The molecule has 0 saturated carbocycles. The van der Waals surface area contributed by atoms with Crippen molar-refractivity contribution < 1.29 is 0 Å². The van der Waals surface area contributed by atoms with E-state index in [2.05, 4.69) is 60.5 Å². The van der Waals surface area contributed by atoms with Crippen molar-refractivity contribution in [2.45, 2.75) is 22.6 Å². The molecule has 1 heterocycles. The van der Waals surface area contributed by atoms with E-state index in [-0.39, 0.29) is 0 Å². The first kappa shape index (κ1) is 11.4. The van der Waals surface area contributed by atoms with Gasteiger partial charge in [-0.05, 0) is 17.7 Å². The summed E-state index contributed by atoms with van der Waals surface area (Å²) in [5.74, 6) is 0. The van der Waals surface area contributed by atoms with Gasteiger partial charge in [-0.3, -0.25) is 0 Å². The fraction of sp³-hybridized carbons (Fsp3) is 0.267. The molecule has 3 heteroatoms. The molecule has 0 spiro atoms. The molecule has 0 aromatic heterocycles. The lowest BCUT2D eigenvalue weighted by Crippen LogP contribution is -2.41. The number of fused-ring (bicyclic) bond motifs is 2. The Morgan fingerprint density at radius 3 is 3.06 bits per heavy atom. The minimum Gasteiger partial charge on any atom is -0.366 e. The zero-order chi connectivity index (χ0) is 12.5. The molecule has 2 nitrogen and oxygen atoms in total. The molecule has 0 fully saturated rings. The van der Waals surface area contributed by atoms with Crippen LogP contribution in [0.1, 0.15) is 6.42 Å². The smallest absolute Gasteiger partial charge is 0.0669 e. The van der Waals surface area contributed by atoms with E-state index in [0.29, 0.717) is 17.7 Å². The molecule has 2 aliphatic rings. The second-order valence-corrected chi connectivity index (χ2v) is 5.81. The topological polar surface area (TPSA) is 27.0 Å². The van der Waals surface area contributed by atoms with Crippen LogP contribution < -0.4 is 4.90 Å². The third-order valence-electron chi connectivity index (χ3n) is 3.46. The van der Waals surface area contributed by atoms with Gasteiger partial charge in [-0.1, -0.05) is 30.4 Å². The first-order valence-electron chi connectivity index (χ1n) is 6.04. The van der Waals surface area contributed by atoms with E-state index in [1.165, 1.54) is 10.6 Å². The lowest BCUT2D eigenvalue weighted by molar-refractivity contribution is 0.739. The highest BCUT2D eigenvalue weighted by atomic mass is 32.2. The molecule has 0 bridgehead atoms. The van der Waals surface area contributed by atoms with Gasteiger partial charge in [0.15, 0.2) is 0 Å². The van der Waals surface area contributed by atoms with Crippen molar-refractivity contribution in [3.8, 4) is 6.07 Å². The number of nitrogens with zero attached hydrogens (tertiary/aromatic N) is 2. The summed E-state index contributed by atoms with van der Waals surface area (Å²) in [4.78, 5) is 3.65. The van der Waals surface area contributed by atoms with E-state index in [9.17, 15) is 0 Å². The largest absolute Gasteiger partial charge is 0.366 e. The van der Waals surface area contributed by atoms with Crippen molar-refractivity contribution in [3.63, 3.8) is 0 Å². The number of hydrogen-bond donors (Lipinski definition) is 0. The number of hydrogen-bond acceptors (Lipinski definition) is 3. The molecule has 1 aliphatic heterocycles. The summed E-state index contributed by atoms with van der Waals surface area (Å²) >= 11 is 1.91. The Balaban J connectivity index is 1.97. The van der Waals surface area contributed by atoms with Gasteiger partial charge in [0.1, 0.15) is 0 Å². The summed E-state index contributed by atoms with van der Waals surface area (Å²) in [5, 5.41) is 9.25. The SMILES string of the molecule is CN1c2ccccc2SC2C=CC(CC#N)=CC21. The second kappa shape index (κ2) is 4.55. The molecule has 0 saturated heterocycles. The van der Waals surface area contributed by atoms with E-state index >= 15 is 0 Å². The Morgan fingerprint density at radius 2 is 2.22 bits per heavy atom. The zero-order valence-electron chi connectivity index (χ0n) is 10.2. The van der Waals surface area contributed by atoms with Crippen molar-refractivity contribution >= 4 is 17.4 Å². The highest BCUT2D eigenvalue weighted by Gasteiger charge is 2.31. The van der Waals surface area contributed by atoms with Gasteiger partial charge in [-0.2, -0.15) is 5.26 Å². The zero-order valence-corrected chi connectivity index (χ0v) is 11.0. The van der Waals surface area contributed by atoms with Crippen LogP contribution in [-0.2, 0) is 0 Å². The number of thioether (sulfide) groups is 1. The van der Waals surface area contributed by atoms with E-state index in [4.69, 9.17) is 5.26 Å². The molecule has 1 aromatic rings. The molecule has 2 atom stereocenters. The summed E-state index contributed by atoms with van der Waals surface area (Å²) in [6, 6.07) is 11.1. The predicted octanol–water partition coefficient (Wildman–Crippen LogP) is 3.38. The standard InChI is InChI=1S/C15H14N2S/c1-17-12-4-2-3-5-14(12)18-15-7-6-11(8-9-16)10-13(15)17/h2-7,10,13,15H,8H2,1H3. The Bertz CT molecular complexity index is 568. The van der Waals surface area contributed by atoms with Crippen LogP contribution in [0.3, 0.4) is 0 Å². The van der Waals surface area contributed by atoms with Crippen LogP contribution in [0.2, 0.25) is 0 Å². The highest BCUT2D eigenvalue weighted by Crippen LogP contribution is 2.43. The molecule has 3 rings (SSSR count). The van der Waals surface area contributed by atoms with E-state index in [1.54, 1.807) is 0 Å². The molecule has 0 radical (unpaired) electrons. The van der Waals surface area contributed by atoms with Crippen molar-refractivity contribution in [2.24, 2.45) is 0 Å². The Labute approximate surface area is 112 Å². The first-order valence-corrected chi connectivity index (χ1v) is 6.92. The van der Waals surface area contributed by atoms with Gasteiger partial charge in [0.25, 0.3) is 0 Å². The molecule has 0 amide bonds. The number of benzene rings is 1. The fourth-order valence-corrected chi connectivity index (χ4v) is 3.85. The fourth-order valence-electron chi connectivity index (χ4n) is 2.51. The van der Waals surface area contributed by atoms with Gasteiger partial charge in [-0.15, -0.1) is 11.8 Å². The molecule has 1 aliphatic carbocycles. The lowest BCUT2D eigenvalue weighted by atomic mass is 9.98. The lowest BCUT2D eigenvalue weighted by Gasteiger charge is -2.40. The molecule has 18 heavy (non-hydrogen) atoms. The summed E-state index contributed by atoms with van der Waals surface area (Å²) in [6.45, 7) is 0. The van der Waals surface area contributed by atoms with Crippen molar-refractivity contribution in [3.05, 3.63) is 48.1 Å². The van der Waals surface area contributed by atoms with Gasteiger partial charge in [0.2, 0.25) is 0 Å². The van der Waals surface area contributed by atoms with Crippen LogP contribution in [0.15, 0.2) is 53.0 Å². The summed E-state index contributed by atoms with van der Waals surface area (Å²) < 4.78 is 0. The molecule has 90 valence electrons. The summed E-state index contributed by atoms with van der Waals surface area (Å²) in [6.07, 6.45) is 7.06. The first-order chi connectivity index (χ1) is 8.79. The third-order valence-corrected chi connectivity index (χ3v) is 4.77. The third kappa shape index (κ3) is 1.83. The Hall–Kier alpha value is -1.66. The van der Waals surface area contributed by atoms with Gasteiger partial charge < -0.3 is 4.90 Å².